The van der Waals surface area contributed by atoms with Gasteiger partial charge in [-0.2, -0.15) is 0 Å². The van der Waals surface area contributed by atoms with E-state index in [1.54, 1.807) is 11.8 Å². The molecule has 0 aliphatic carbocycles. The van der Waals surface area contributed by atoms with Gasteiger partial charge in [0.25, 0.3) is 0 Å². The number of rotatable bonds is 2. The molecule has 16 heavy (non-hydrogen) atoms. The third-order valence-electron chi connectivity index (χ3n) is 2.75. The van der Waals surface area contributed by atoms with Crippen LogP contribution >= 0.6 is 11.8 Å². The van der Waals surface area contributed by atoms with Gasteiger partial charge in [0.15, 0.2) is 0 Å². The lowest BCUT2D eigenvalue weighted by Gasteiger charge is -2.22. The van der Waals surface area contributed by atoms with E-state index in [-0.39, 0.29) is 18.7 Å². The number of nitrogens with zero attached hydrogens (tertiary/aromatic N) is 1. The zero-order valence-electron chi connectivity index (χ0n) is 8.51. The fourth-order valence-electron chi connectivity index (χ4n) is 1.92. The van der Waals surface area contributed by atoms with Crippen LogP contribution in [0.15, 0.2) is 0 Å². The zero-order valence-corrected chi connectivity index (χ0v) is 9.33. The van der Waals surface area contributed by atoms with E-state index in [0.29, 0.717) is 11.6 Å². The molecule has 0 aromatic carbocycles. The Morgan fingerprint density at radius 1 is 1.50 bits per heavy atom. The minimum Gasteiger partial charge on any atom is -0.480 e. The summed E-state index contributed by atoms with van der Waals surface area (Å²) in [6.45, 7) is 0. The Labute approximate surface area is 96.4 Å². The predicted octanol–water partition coefficient (Wildman–Crippen LogP) is -0.749. The van der Waals surface area contributed by atoms with Crippen molar-refractivity contribution in [2.45, 2.75) is 24.9 Å². The summed E-state index contributed by atoms with van der Waals surface area (Å²) >= 11 is 1.56. The predicted molar refractivity (Wildman–Crippen MR) is 56.8 cm³/mol. The molecule has 0 radical (unpaired) electrons. The van der Waals surface area contributed by atoms with E-state index < -0.39 is 24.0 Å². The molecule has 2 aliphatic heterocycles. The summed E-state index contributed by atoms with van der Waals surface area (Å²) in [4.78, 5) is 35.2. The third kappa shape index (κ3) is 1.92. The molecule has 0 saturated carbocycles. The van der Waals surface area contributed by atoms with Gasteiger partial charge < -0.3 is 5.11 Å². The van der Waals surface area contributed by atoms with E-state index in [4.69, 9.17) is 5.11 Å². The van der Waals surface area contributed by atoms with Gasteiger partial charge in [-0.25, -0.2) is 4.79 Å². The van der Waals surface area contributed by atoms with Gasteiger partial charge in [-0.15, -0.1) is 11.8 Å². The van der Waals surface area contributed by atoms with Gasteiger partial charge >= 0.3 is 5.97 Å². The zero-order chi connectivity index (χ0) is 11.7. The average Bonchev–Trinajstić information content (AvgIpc) is 2.84. The number of hydrogen-bond donors (Lipinski definition) is 2. The van der Waals surface area contributed by atoms with Crippen molar-refractivity contribution < 1.29 is 19.5 Å². The fraction of sp³-hybridized carbons (Fsp3) is 0.667. The summed E-state index contributed by atoms with van der Waals surface area (Å²) < 4.78 is 0. The molecule has 2 amide bonds. The minimum atomic E-state index is -1.11. The number of carboxylic acids is 1. The second-order valence-corrected chi connectivity index (χ2v) is 4.80. The Balaban J connectivity index is 2.13. The van der Waals surface area contributed by atoms with Crippen LogP contribution in [0.1, 0.15) is 12.8 Å². The van der Waals surface area contributed by atoms with Crippen LogP contribution in [0.25, 0.3) is 0 Å². The second-order valence-electron chi connectivity index (χ2n) is 3.77. The van der Waals surface area contributed by atoms with Gasteiger partial charge in [-0.1, -0.05) is 0 Å². The lowest BCUT2D eigenvalue weighted by Crippen LogP contribution is -2.50. The molecular formula is C9H12N2O4S. The number of likely N-dealkylation sites (tertiary alicyclic amines) is 1. The quantitative estimate of drug-likeness (QED) is 0.622. The molecule has 0 unspecified atom stereocenters. The Hall–Kier alpha value is -1.08. The van der Waals surface area contributed by atoms with Crippen LogP contribution in [0.5, 0.6) is 0 Å². The lowest BCUT2D eigenvalue weighted by molar-refractivity contribution is -0.154. The summed E-state index contributed by atoms with van der Waals surface area (Å²) in [5, 5.41) is 11.9. The molecule has 0 aromatic heterocycles. The highest BCUT2D eigenvalue weighted by Gasteiger charge is 2.43. The summed E-state index contributed by atoms with van der Waals surface area (Å²) in [5.41, 5.74) is 0. The van der Waals surface area contributed by atoms with Crippen molar-refractivity contribution in [1.82, 2.24) is 10.2 Å². The van der Waals surface area contributed by atoms with Crippen LogP contribution in [0.3, 0.4) is 0 Å². The summed E-state index contributed by atoms with van der Waals surface area (Å²) in [6.07, 6.45) is 0.363. The van der Waals surface area contributed by atoms with E-state index in [2.05, 4.69) is 5.32 Å². The number of imide groups is 1. The van der Waals surface area contributed by atoms with Gasteiger partial charge in [-0.3, -0.25) is 19.8 Å². The highest BCUT2D eigenvalue weighted by Crippen LogP contribution is 2.22. The van der Waals surface area contributed by atoms with Crippen molar-refractivity contribution in [2.24, 2.45) is 0 Å². The standard InChI is InChI=1S/C9H12N2O4S/c12-7-2-1-6(9(14)15)11(7)8(13)5-3-16-4-10-5/h5-6,10H,1-4H2,(H,14,15)/t5-,6-/m0/s1. The average molecular weight is 244 g/mol. The monoisotopic (exact) mass is 244 g/mol. The Morgan fingerprint density at radius 3 is 2.81 bits per heavy atom. The minimum absolute atomic E-state index is 0.141. The maximum atomic E-state index is 11.9. The van der Waals surface area contributed by atoms with Gasteiger partial charge in [0.05, 0.1) is 6.04 Å². The molecule has 2 rings (SSSR count). The van der Waals surface area contributed by atoms with Crippen molar-refractivity contribution in [3.05, 3.63) is 0 Å². The first-order valence-corrected chi connectivity index (χ1v) is 6.16. The first kappa shape index (κ1) is 11.4. The number of hydrogen-bond acceptors (Lipinski definition) is 5. The third-order valence-corrected chi connectivity index (χ3v) is 3.69. The molecule has 6 nitrogen and oxygen atoms in total. The molecule has 88 valence electrons. The molecule has 2 saturated heterocycles. The van der Waals surface area contributed by atoms with Crippen LogP contribution in [-0.2, 0) is 14.4 Å². The first-order valence-electron chi connectivity index (χ1n) is 5.01. The van der Waals surface area contributed by atoms with E-state index in [1.165, 1.54) is 0 Å². The summed E-state index contributed by atoms with van der Waals surface area (Å²) in [6, 6.07) is -1.40. The number of thioether (sulfide) groups is 1. The van der Waals surface area contributed by atoms with Crippen molar-refractivity contribution in [3.8, 4) is 0 Å². The van der Waals surface area contributed by atoms with Gasteiger partial charge in [0.1, 0.15) is 6.04 Å². The maximum Gasteiger partial charge on any atom is 0.326 e. The Kier molecular flexibility index (Phi) is 3.15. The Morgan fingerprint density at radius 2 is 2.25 bits per heavy atom. The topological polar surface area (TPSA) is 86.7 Å². The van der Waals surface area contributed by atoms with E-state index in [9.17, 15) is 14.4 Å². The summed E-state index contributed by atoms with van der Waals surface area (Å²) in [7, 11) is 0. The normalized spacial score (nSPS) is 29.8. The Bertz CT molecular complexity index is 340. The van der Waals surface area contributed by atoms with Gasteiger partial charge in [-0.05, 0) is 6.42 Å². The van der Waals surface area contributed by atoms with E-state index in [1.807, 2.05) is 0 Å². The van der Waals surface area contributed by atoms with Crippen LogP contribution in [-0.4, -0.2) is 51.5 Å². The molecule has 0 spiro atoms. The molecule has 2 heterocycles. The molecule has 0 bridgehead atoms. The number of carboxylic acid groups (broad SMARTS) is 1. The molecule has 2 aliphatic rings. The summed E-state index contributed by atoms with van der Waals surface area (Å²) in [5.74, 6) is -0.633. The maximum absolute atomic E-state index is 11.9. The highest BCUT2D eigenvalue weighted by molar-refractivity contribution is 7.99. The van der Waals surface area contributed by atoms with Gasteiger partial charge in [0.2, 0.25) is 11.8 Å². The van der Waals surface area contributed by atoms with E-state index in [0.717, 1.165) is 4.90 Å². The first-order chi connectivity index (χ1) is 7.61. The van der Waals surface area contributed by atoms with Crippen molar-refractivity contribution in [3.63, 3.8) is 0 Å². The highest BCUT2D eigenvalue weighted by atomic mass is 32.2. The number of amides is 2. The van der Waals surface area contributed by atoms with Crippen molar-refractivity contribution in [1.29, 1.82) is 0 Å². The van der Waals surface area contributed by atoms with Crippen LogP contribution in [0.2, 0.25) is 0 Å². The van der Waals surface area contributed by atoms with Gasteiger partial charge in [0, 0.05) is 18.1 Å². The van der Waals surface area contributed by atoms with Crippen LogP contribution < -0.4 is 5.32 Å². The van der Waals surface area contributed by atoms with Crippen LogP contribution in [0.4, 0.5) is 0 Å². The number of carbonyl (C=O) groups is 3. The molecule has 0 aromatic rings. The number of carbonyl (C=O) groups excluding carboxylic acids is 2. The molecule has 2 N–H and O–H groups in total. The fourth-order valence-corrected chi connectivity index (χ4v) is 2.85. The van der Waals surface area contributed by atoms with Crippen molar-refractivity contribution in [2.75, 3.05) is 11.6 Å². The second kappa shape index (κ2) is 4.42. The molecule has 2 fully saturated rings. The SMILES string of the molecule is O=C(O)[C@@H]1CCC(=O)N1C(=O)[C@@H]1CSCN1. The molecule has 2 atom stereocenters. The molecule has 7 heteroatoms. The largest absolute Gasteiger partial charge is 0.480 e. The van der Waals surface area contributed by atoms with E-state index >= 15 is 0 Å². The molecular weight excluding hydrogens is 232 g/mol. The smallest absolute Gasteiger partial charge is 0.326 e. The lowest BCUT2D eigenvalue weighted by atomic mass is 10.2. The van der Waals surface area contributed by atoms with Crippen molar-refractivity contribution >= 4 is 29.5 Å². The number of nitrogens with one attached hydrogen (secondary N) is 1. The van der Waals surface area contributed by atoms with Crippen LogP contribution in [0, 0.1) is 0 Å². The number of aliphatic carboxylic acids is 1.